The summed E-state index contributed by atoms with van der Waals surface area (Å²) in [4.78, 5) is 19.9. The van der Waals surface area contributed by atoms with Crippen molar-refractivity contribution in [3.63, 3.8) is 0 Å². The Morgan fingerprint density at radius 1 is 1.58 bits per heavy atom. The molecule has 19 heavy (non-hydrogen) atoms. The molecule has 0 saturated carbocycles. The second-order valence-electron chi connectivity index (χ2n) is 4.50. The number of anilines is 1. The summed E-state index contributed by atoms with van der Waals surface area (Å²) in [5.41, 5.74) is 0.548. The van der Waals surface area contributed by atoms with Gasteiger partial charge in [-0.25, -0.2) is 4.98 Å². The molecular weight excluding hydrogens is 242 g/mol. The van der Waals surface area contributed by atoms with Crippen LogP contribution in [0.3, 0.4) is 0 Å². The number of nitrogens with one attached hydrogen (secondary N) is 1. The summed E-state index contributed by atoms with van der Waals surface area (Å²) in [6.45, 7) is 3.47. The molecule has 0 aliphatic carbocycles. The number of piperazine rings is 1. The first kappa shape index (κ1) is 13.3. The molecule has 0 bridgehead atoms. The molecule has 0 radical (unpaired) electrons. The maximum Gasteiger partial charge on any atom is 0.242 e. The van der Waals surface area contributed by atoms with Crippen molar-refractivity contribution in [1.29, 1.82) is 5.26 Å². The summed E-state index contributed by atoms with van der Waals surface area (Å²) in [5, 5.41) is 12.1. The number of pyridine rings is 1. The molecule has 1 aromatic heterocycles. The van der Waals surface area contributed by atoms with Crippen molar-refractivity contribution >= 4 is 11.7 Å². The van der Waals surface area contributed by atoms with Gasteiger partial charge < -0.3 is 15.1 Å². The number of nitrogens with zero attached hydrogens (tertiary/aromatic N) is 4. The molecule has 2 rings (SSSR count). The predicted octanol–water partition coefficient (Wildman–Crippen LogP) is -0.179. The number of carbonyl (C=O) groups excluding carboxylic acids is 1. The molecule has 0 spiro atoms. The third kappa shape index (κ3) is 3.42. The van der Waals surface area contributed by atoms with Crippen molar-refractivity contribution in [2.24, 2.45) is 0 Å². The van der Waals surface area contributed by atoms with Gasteiger partial charge in [-0.15, -0.1) is 0 Å². The van der Waals surface area contributed by atoms with Crippen molar-refractivity contribution in [3.8, 4) is 6.07 Å². The van der Waals surface area contributed by atoms with Gasteiger partial charge in [-0.2, -0.15) is 5.26 Å². The Bertz CT molecular complexity index is 490. The van der Waals surface area contributed by atoms with E-state index in [9.17, 15) is 4.79 Å². The number of amides is 1. The van der Waals surface area contributed by atoms with Crippen LogP contribution < -0.4 is 10.2 Å². The lowest BCUT2D eigenvalue weighted by molar-refractivity contribution is -0.130. The lowest BCUT2D eigenvalue weighted by Crippen LogP contribution is -2.49. The molecular formula is C13H17N5O. The molecule has 0 aromatic carbocycles. The molecule has 1 fully saturated rings. The molecule has 6 nitrogen and oxygen atoms in total. The van der Waals surface area contributed by atoms with E-state index in [4.69, 9.17) is 5.26 Å². The van der Waals surface area contributed by atoms with E-state index in [2.05, 4.69) is 16.4 Å². The number of aromatic nitrogens is 1. The van der Waals surface area contributed by atoms with Crippen LogP contribution in [0.4, 0.5) is 5.82 Å². The van der Waals surface area contributed by atoms with Gasteiger partial charge in [-0.05, 0) is 12.1 Å². The van der Waals surface area contributed by atoms with Crippen LogP contribution in [-0.4, -0.2) is 55.6 Å². The number of hydrogen-bond acceptors (Lipinski definition) is 5. The SMILES string of the molecule is CN(CC(=O)N1CCNCC1)c1cc(C#N)ccn1. The van der Waals surface area contributed by atoms with E-state index in [1.165, 1.54) is 0 Å². The van der Waals surface area contributed by atoms with Crippen LogP contribution >= 0.6 is 0 Å². The standard InChI is InChI=1S/C13H17N5O/c1-17(12-8-11(9-14)2-3-16-12)10-13(19)18-6-4-15-5-7-18/h2-3,8,15H,4-7,10H2,1H3. The molecule has 2 heterocycles. The van der Waals surface area contributed by atoms with Gasteiger partial charge in [0.05, 0.1) is 18.2 Å². The first-order valence-corrected chi connectivity index (χ1v) is 6.26. The minimum absolute atomic E-state index is 0.0909. The van der Waals surface area contributed by atoms with E-state index in [0.29, 0.717) is 11.4 Å². The third-order valence-electron chi connectivity index (χ3n) is 3.11. The first-order chi connectivity index (χ1) is 9.20. The Morgan fingerprint density at radius 2 is 2.32 bits per heavy atom. The lowest BCUT2D eigenvalue weighted by Gasteiger charge is -2.29. The monoisotopic (exact) mass is 259 g/mol. The highest BCUT2D eigenvalue weighted by molar-refractivity contribution is 5.81. The molecule has 1 N–H and O–H groups in total. The highest BCUT2D eigenvalue weighted by Gasteiger charge is 2.18. The highest BCUT2D eigenvalue weighted by Crippen LogP contribution is 2.10. The van der Waals surface area contributed by atoms with Crippen molar-refractivity contribution < 1.29 is 4.79 Å². The van der Waals surface area contributed by atoms with Crippen LogP contribution in [0.1, 0.15) is 5.56 Å². The van der Waals surface area contributed by atoms with Gasteiger partial charge in [-0.1, -0.05) is 0 Å². The smallest absolute Gasteiger partial charge is 0.242 e. The van der Waals surface area contributed by atoms with Crippen LogP contribution in [0.5, 0.6) is 0 Å². The Morgan fingerprint density at radius 3 is 3.00 bits per heavy atom. The van der Waals surface area contributed by atoms with Gasteiger partial charge in [0.25, 0.3) is 0 Å². The van der Waals surface area contributed by atoms with Crippen molar-refractivity contribution in [2.45, 2.75) is 0 Å². The summed E-state index contributed by atoms with van der Waals surface area (Å²) in [5.74, 6) is 0.732. The lowest BCUT2D eigenvalue weighted by atomic mass is 10.3. The topological polar surface area (TPSA) is 72.3 Å². The first-order valence-electron chi connectivity index (χ1n) is 6.26. The maximum absolute atomic E-state index is 12.1. The van der Waals surface area contributed by atoms with Crippen LogP contribution in [0.25, 0.3) is 0 Å². The predicted molar refractivity (Wildman–Crippen MR) is 71.7 cm³/mol. The van der Waals surface area contributed by atoms with Crippen molar-refractivity contribution in [2.75, 3.05) is 44.7 Å². The van der Waals surface area contributed by atoms with E-state index in [1.807, 2.05) is 11.9 Å². The number of likely N-dealkylation sites (N-methyl/N-ethyl adjacent to an activating group) is 1. The molecule has 1 aliphatic heterocycles. The van der Waals surface area contributed by atoms with E-state index in [0.717, 1.165) is 26.2 Å². The van der Waals surface area contributed by atoms with Crippen LogP contribution in [-0.2, 0) is 4.79 Å². The number of nitriles is 1. The molecule has 1 aliphatic rings. The fourth-order valence-electron chi connectivity index (χ4n) is 1.99. The quantitative estimate of drug-likeness (QED) is 0.815. The Hall–Kier alpha value is -2.13. The molecule has 1 aromatic rings. The minimum atomic E-state index is 0.0909. The molecule has 1 amide bonds. The van der Waals surface area contributed by atoms with Gasteiger partial charge >= 0.3 is 0 Å². The zero-order chi connectivity index (χ0) is 13.7. The van der Waals surface area contributed by atoms with E-state index in [1.54, 1.807) is 23.2 Å². The summed E-state index contributed by atoms with van der Waals surface area (Å²) >= 11 is 0. The number of hydrogen-bond donors (Lipinski definition) is 1. The van der Waals surface area contributed by atoms with Gasteiger partial charge in [0.2, 0.25) is 5.91 Å². The molecule has 100 valence electrons. The zero-order valence-electron chi connectivity index (χ0n) is 11.0. The Labute approximate surface area is 112 Å². The van der Waals surface area contributed by atoms with Gasteiger partial charge in [0.15, 0.2) is 0 Å². The van der Waals surface area contributed by atoms with Crippen LogP contribution in [0.2, 0.25) is 0 Å². The fourth-order valence-corrected chi connectivity index (χ4v) is 1.99. The second kappa shape index (κ2) is 6.16. The van der Waals surface area contributed by atoms with Crippen molar-refractivity contribution in [3.05, 3.63) is 23.9 Å². The zero-order valence-corrected chi connectivity index (χ0v) is 11.0. The minimum Gasteiger partial charge on any atom is -0.350 e. The fraction of sp³-hybridized carbons (Fsp3) is 0.462. The van der Waals surface area contributed by atoms with Gasteiger partial charge in [-0.3, -0.25) is 4.79 Å². The summed E-state index contributed by atoms with van der Waals surface area (Å²) in [6.07, 6.45) is 1.58. The van der Waals surface area contributed by atoms with E-state index in [-0.39, 0.29) is 12.5 Å². The number of carbonyl (C=O) groups is 1. The number of rotatable bonds is 3. The average Bonchev–Trinajstić information content (AvgIpc) is 2.48. The van der Waals surface area contributed by atoms with Crippen LogP contribution in [0.15, 0.2) is 18.3 Å². The summed E-state index contributed by atoms with van der Waals surface area (Å²) in [7, 11) is 1.81. The molecule has 0 unspecified atom stereocenters. The average molecular weight is 259 g/mol. The molecule has 0 atom stereocenters. The summed E-state index contributed by atoms with van der Waals surface area (Å²) in [6, 6.07) is 5.40. The largest absolute Gasteiger partial charge is 0.350 e. The highest BCUT2D eigenvalue weighted by atomic mass is 16.2. The van der Waals surface area contributed by atoms with E-state index >= 15 is 0 Å². The Kier molecular flexibility index (Phi) is 4.31. The normalized spacial score (nSPS) is 14.8. The second-order valence-corrected chi connectivity index (χ2v) is 4.50. The van der Waals surface area contributed by atoms with Gasteiger partial charge in [0.1, 0.15) is 5.82 Å². The Balaban J connectivity index is 1.97. The van der Waals surface area contributed by atoms with E-state index < -0.39 is 0 Å². The van der Waals surface area contributed by atoms with Crippen molar-refractivity contribution in [1.82, 2.24) is 15.2 Å². The third-order valence-corrected chi connectivity index (χ3v) is 3.11. The summed E-state index contributed by atoms with van der Waals surface area (Å²) < 4.78 is 0. The molecule has 1 saturated heterocycles. The van der Waals surface area contributed by atoms with Gasteiger partial charge in [0, 0.05) is 39.4 Å². The molecule has 6 heteroatoms. The van der Waals surface area contributed by atoms with Crippen LogP contribution in [0, 0.1) is 11.3 Å². The maximum atomic E-state index is 12.1.